The Kier molecular flexibility index (Phi) is 4.20. The van der Waals surface area contributed by atoms with E-state index in [2.05, 4.69) is 0 Å². The molecule has 0 unspecified atom stereocenters. The molecule has 126 valence electrons. The molecule has 23 heavy (non-hydrogen) atoms. The maximum absolute atomic E-state index is 12.7. The summed E-state index contributed by atoms with van der Waals surface area (Å²) in [5.41, 5.74) is -0.250. The van der Waals surface area contributed by atoms with E-state index >= 15 is 0 Å². The summed E-state index contributed by atoms with van der Waals surface area (Å²) in [5.74, 6) is -1.07. The normalized spacial score (nSPS) is 29.3. The first-order chi connectivity index (χ1) is 10.8. The average molecular weight is 338 g/mol. The van der Waals surface area contributed by atoms with Gasteiger partial charge < -0.3 is 10.0 Å². The van der Waals surface area contributed by atoms with Gasteiger partial charge in [0.1, 0.15) is 0 Å². The lowest BCUT2D eigenvalue weighted by molar-refractivity contribution is -0.153. The lowest BCUT2D eigenvalue weighted by atomic mass is 9.73. The van der Waals surface area contributed by atoms with E-state index < -0.39 is 21.4 Å². The van der Waals surface area contributed by atoms with Gasteiger partial charge in [-0.1, -0.05) is 30.3 Å². The Bertz CT molecular complexity index is 691. The fourth-order valence-electron chi connectivity index (χ4n) is 3.81. The number of carboxylic acids is 1. The summed E-state index contributed by atoms with van der Waals surface area (Å²) in [6, 6.07) is 9.02. The standard InChI is InChI=1S/C16H22N2O4S/c1-17-8-7-14-9-18(12-16(14,11-17)15(19)20)23(21,22)10-13-5-3-2-4-6-13/h2-6,14H,7-12H2,1H3,(H,19,20)/t14-,16-/m0/s1. The number of piperidine rings is 1. The maximum Gasteiger partial charge on any atom is 0.312 e. The summed E-state index contributed by atoms with van der Waals surface area (Å²) in [6.45, 7) is 1.61. The van der Waals surface area contributed by atoms with Crippen molar-refractivity contribution >= 4 is 16.0 Å². The number of carboxylic acid groups (broad SMARTS) is 1. The van der Waals surface area contributed by atoms with Gasteiger partial charge in [0.15, 0.2) is 0 Å². The third-order valence-electron chi connectivity index (χ3n) is 5.09. The van der Waals surface area contributed by atoms with E-state index in [1.807, 2.05) is 30.1 Å². The SMILES string of the molecule is CN1CC[C@H]2CN(S(=O)(=O)Cc3ccccc3)C[C@@]2(C(=O)O)C1. The van der Waals surface area contributed by atoms with Gasteiger partial charge in [0, 0.05) is 19.6 Å². The van der Waals surface area contributed by atoms with E-state index in [0.717, 1.165) is 18.5 Å². The number of rotatable bonds is 4. The second-order valence-corrected chi connectivity index (χ2v) is 8.69. The van der Waals surface area contributed by atoms with Crippen LogP contribution in [0.3, 0.4) is 0 Å². The van der Waals surface area contributed by atoms with Crippen molar-refractivity contribution in [2.24, 2.45) is 11.3 Å². The van der Waals surface area contributed by atoms with Crippen molar-refractivity contribution in [3.8, 4) is 0 Å². The molecule has 1 aromatic rings. The molecule has 1 N–H and O–H groups in total. The van der Waals surface area contributed by atoms with Crippen LogP contribution in [0.2, 0.25) is 0 Å². The molecule has 2 saturated heterocycles. The van der Waals surface area contributed by atoms with Crippen molar-refractivity contribution in [3.05, 3.63) is 35.9 Å². The number of sulfonamides is 1. The van der Waals surface area contributed by atoms with Crippen molar-refractivity contribution in [2.45, 2.75) is 12.2 Å². The van der Waals surface area contributed by atoms with Gasteiger partial charge in [-0.05, 0) is 31.5 Å². The van der Waals surface area contributed by atoms with E-state index in [-0.39, 0.29) is 18.2 Å². The predicted octanol–water partition coefficient (Wildman–Crippen LogP) is 0.855. The molecule has 2 aliphatic heterocycles. The molecule has 0 spiro atoms. The van der Waals surface area contributed by atoms with E-state index in [1.165, 1.54) is 4.31 Å². The average Bonchev–Trinajstić information content (AvgIpc) is 2.89. The molecule has 0 amide bonds. The highest BCUT2D eigenvalue weighted by atomic mass is 32.2. The Morgan fingerprint density at radius 2 is 2.00 bits per heavy atom. The first-order valence-corrected chi connectivity index (χ1v) is 9.38. The van der Waals surface area contributed by atoms with Crippen molar-refractivity contribution in [2.75, 3.05) is 33.2 Å². The molecule has 3 rings (SSSR count). The predicted molar refractivity (Wildman–Crippen MR) is 86.3 cm³/mol. The molecular weight excluding hydrogens is 316 g/mol. The van der Waals surface area contributed by atoms with Gasteiger partial charge >= 0.3 is 5.97 Å². The lowest BCUT2D eigenvalue weighted by Gasteiger charge is -2.39. The van der Waals surface area contributed by atoms with Gasteiger partial charge in [0.2, 0.25) is 10.0 Å². The Hall–Kier alpha value is -1.44. The minimum Gasteiger partial charge on any atom is -0.481 e. The Morgan fingerprint density at radius 3 is 2.65 bits per heavy atom. The number of carbonyl (C=O) groups is 1. The summed E-state index contributed by atoms with van der Waals surface area (Å²) in [6.07, 6.45) is 0.722. The molecule has 0 bridgehead atoms. The first kappa shape index (κ1) is 16.4. The minimum absolute atomic E-state index is 0.0759. The Labute approximate surface area is 136 Å². The smallest absolute Gasteiger partial charge is 0.312 e. The van der Waals surface area contributed by atoms with Crippen molar-refractivity contribution in [1.29, 1.82) is 0 Å². The second kappa shape index (κ2) is 5.89. The number of nitrogens with zero attached hydrogens (tertiary/aromatic N) is 2. The van der Waals surface area contributed by atoms with Gasteiger partial charge in [0.25, 0.3) is 0 Å². The Balaban J connectivity index is 1.83. The zero-order chi connectivity index (χ0) is 16.7. The largest absolute Gasteiger partial charge is 0.481 e. The molecule has 6 nitrogen and oxygen atoms in total. The van der Waals surface area contributed by atoms with Crippen LogP contribution in [0, 0.1) is 11.3 Å². The topological polar surface area (TPSA) is 77.9 Å². The van der Waals surface area contributed by atoms with Gasteiger partial charge in [-0.15, -0.1) is 0 Å². The van der Waals surface area contributed by atoms with Crippen LogP contribution in [0.4, 0.5) is 0 Å². The van der Waals surface area contributed by atoms with Crippen LogP contribution in [-0.2, 0) is 20.6 Å². The first-order valence-electron chi connectivity index (χ1n) is 7.77. The zero-order valence-electron chi connectivity index (χ0n) is 13.2. The van der Waals surface area contributed by atoms with Crippen LogP contribution in [-0.4, -0.2) is 61.9 Å². The van der Waals surface area contributed by atoms with E-state index in [0.29, 0.717) is 13.1 Å². The molecule has 2 heterocycles. The molecule has 2 fully saturated rings. The minimum atomic E-state index is -3.51. The fraction of sp³-hybridized carbons (Fsp3) is 0.562. The van der Waals surface area contributed by atoms with Gasteiger partial charge in [-0.25, -0.2) is 12.7 Å². The van der Waals surface area contributed by atoms with Crippen LogP contribution < -0.4 is 0 Å². The molecule has 0 saturated carbocycles. The van der Waals surface area contributed by atoms with E-state index in [9.17, 15) is 18.3 Å². The summed E-state index contributed by atoms with van der Waals surface area (Å²) < 4.78 is 26.8. The number of hydrogen-bond donors (Lipinski definition) is 1. The quantitative estimate of drug-likeness (QED) is 0.881. The maximum atomic E-state index is 12.7. The van der Waals surface area contributed by atoms with Crippen LogP contribution in [0.25, 0.3) is 0 Å². The molecule has 7 heteroatoms. The summed E-state index contributed by atoms with van der Waals surface area (Å²) in [5, 5.41) is 9.74. The van der Waals surface area contributed by atoms with Crippen LogP contribution in [0.1, 0.15) is 12.0 Å². The molecule has 2 atom stereocenters. The highest BCUT2D eigenvalue weighted by Gasteiger charge is 2.56. The molecule has 0 aromatic heterocycles. The number of fused-ring (bicyclic) bond motifs is 1. The van der Waals surface area contributed by atoms with Crippen molar-refractivity contribution in [3.63, 3.8) is 0 Å². The van der Waals surface area contributed by atoms with Crippen molar-refractivity contribution < 1.29 is 18.3 Å². The van der Waals surface area contributed by atoms with Crippen LogP contribution in [0.5, 0.6) is 0 Å². The zero-order valence-corrected chi connectivity index (χ0v) is 14.0. The number of hydrogen-bond acceptors (Lipinski definition) is 4. The fourth-order valence-corrected chi connectivity index (χ4v) is 5.44. The van der Waals surface area contributed by atoms with Crippen LogP contribution in [0.15, 0.2) is 30.3 Å². The number of benzene rings is 1. The summed E-state index contributed by atoms with van der Waals surface area (Å²) >= 11 is 0. The van der Waals surface area contributed by atoms with E-state index in [1.54, 1.807) is 12.1 Å². The highest BCUT2D eigenvalue weighted by molar-refractivity contribution is 7.88. The summed E-state index contributed by atoms with van der Waals surface area (Å²) in [4.78, 5) is 13.9. The summed E-state index contributed by atoms with van der Waals surface area (Å²) in [7, 11) is -1.62. The van der Waals surface area contributed by atoms with Crippen LogP contribution >= 0.6 is 0 Å². The molecule has 0 radical (unpaired) electrons. The molecule has 0 aliphatic carbocycles. The third kappa shape index (κ3) is 3.00. The highest BCUT2D eigenvalue weighted by Crippen LogP contribution is 2.43. The number of likely N-dealkylation sites (tertiary alicyclic amines) is 1. The third-order valence-corrected chi connectivity index (χ3v) is 6.85. The van der Waals surface area contributed by atoms with Gasteiger partial charge in [0.05, 0.1) is 11.2 Å². The molecule has 2 aliphatic rings. The van der Waals surface area contributed by atoms with Gasteiger partial charge in [-0.3, -0.25) is 4.79 Å². The second-order valence-electron chi connectivity index (χ2n) is 6.72. The monoisotopic (exact) mass is 338 g/mol. The van der Waals surface area contributed by atoms with Gasteiger partial charge in [-0.2, -0.15) is 0 Å². The Morgan fingerprint density at radius 1 is 1.30 bits per heavy atom. The van der Waals surface area contributed by atoms with E-state index in [4.69, 9.17) is 0 Å². The molecule has 1 aromatic carbocycles. The van der Waals surface area contributed by atoms with Crippen molar-refractivity contribution in [1.82, 2.24) is 9.21 Å². The number of aliphatic carboxylic acids is 1. The molecular formula is C16H22N2O4S. The lowest BCUT2D eigenvalue weighted by Crippen LogP contribution is -2.52.